The Hall–Kier alpha value is -4.03. The van der Waals surface area contributed by atoms with Crippen molar-refractivity contribution in [3.05, 3.63) is 48.3 Å². The van der Waals surface area contributed by atoms with Crippen molar-refractivity contribution in [1.29, 1.82) is 0 Å². The number of amides is 1. The zero-order chi connectivity index (χ0) is 28.9. The van der Waals surface area contributed by atoms with Crippen molar-refractivity contribution in [2.24, 2.45) is 16.8 Å². The molecular weight excluding hydrogens is 536 g/mol. The molecule has 10 nitrogen and oxygen atoms in total. The number of hydrogen-bond acceptors (Lipinski definition) is 9. The number of ether oxygens (including phenoxy) is 4. The van der Waals surface area contributed by atoms with E-state index in [-0.39, 0.29) is 40.6 Å². The van der Waals surface area contributed by atoms with E-state index in [4.69, 9.17) is 28.9 Å². The highest BCUT2D eigenvalue weighted by Crippen LogP contribution is 2.38. The largest absolute Gasteiger partial charge is 0.494 e. The zero-order valence-corrected chi connectivity index (χ0v) is 22.9. The SMILES string of the molecule is C=CC(=O)/N=C/[C@H]1CCOC[C@H]1Nc1ncc2cc(-c3c(F)c(OC)cc(OC)c3F)nc(CC3CCOC3)c2n1. The molecule has 0 saturated carbocycles. The van der Waals surface area contributed by atoms with Crippen LogP contribution in [0.4, 0.5) is 14.7 Å². The van der Waals surface area contributed by atoms with Crippen LogP contribution in [0.15, 0.2) is 36.0 Å². The maximum Gasteiger partial charge on any atom is 0.268 e. The number of carbonyl (C=O) groups excluding carboxylic acids is 1. The van der Waals surface area contributed by atoms with E-state index in [1.54, 1.807) is 18.5 Å². The maximum atomic E-state index is 15.4. The van der Waals surface area contributed by atoms with Gasteiger partial charge in [-0.3, -0.25) is 9.78 Å². The lowest BCUT2D eigenvalue weighted by atomic mass is 9.96. The van der Waals surface area contributed by atoms with Crippen LogP contribution in [0, 0.1) is 23.5 Å². The van der Waals surface area contributed by atoms with Crippen LogP contribution in [0.1, 0.15) is 18.5 Å². The molecule has 2 aromatic heterocycles. The monoisotopic (exact) mass is 567 g/mol. The summed E-state index contributed by atoms with van der Waals surface area (Å²) in [5.41, 5.74) is 0.836. The van der Waals surface area contributed by atoms with Gasteiger partial charge in [0.25, 0.3) is 5.91 Å². The molecule has 0 aliphatic carbocycles. The molecule has 2 aliphatic rings. The van der Waals surface area contributed by atoms with Crippen LogP contribution in [0.3, 0.4) is 0 Å². The third-order valence-corrected chi connectivity index (χ3v) is 7.27. The van der Waals surface area contributed by atoms with Crippen LogP contribution in [0.5, 0.6) is 11.5 Å². The molecular formula is C29H31F2N5O5. The second-order valence-corrected chi connectivity index (χ2v) is 9.90. The Kier molecular flexibility index (Phi) is 8.79. The van der Waals surface area contributed by atoms with Gasteiger partial charge in [-0.05, 0) is 37.3 Å². The molecule has 41 heavy (non-hydrogen) atoms. The summed E-state index contributed by atoms with van der Waals surface area (Å²) >= 11 is 0. The molecule has 2 aliphatic heterocycles. The summed E-state index contributed by atoms with van der Waals surface area (Å²) in [5, 5.41) is 3.86. The standard InChI is InChI=1S/C29H31F2N5O5/c1-4-24(37)32-12-17-6-8-41-15-21(17)35-29-33-13-18-10-19(25-26(30)22(38-2)11-23(39-3)27(25)31)34-20(28(18)36-29)9-16-5-7-40-14-16/h4,10-13,16-17,21H,1,5-9,14-15H2,2-3H3,(H,33,35,36)/b32-12+/t16?,17-,21-/m1/s1. The van der Waals surface area contributed by atoms with Gasteiger partial charge in [0.15, 0.2) is 23.1 Å². The number of aromatic nitrogens is 3. The van der Waals surface area contributed by atoms with Gasteiger partial charge in [0, 0.05) is 49.6 Å². The summed E-state index contributed by atoms with van der Waals surface area (Å²) < 4.78 is 52.2. The Balaban J connectivity index is 1.55. The highest BCUT2D eigenvalue weighted by atomic mass is 19.1. The lowest BCUT2D eigenvalue weighted by molar-refractivity contribution is -0.113. The topological polar surface area (TPSA) is 117 Å². The molecule has 4 heterocycles. The predicted molar refractivity (Wildman–Crippen MR) is 148 cm³/mol. The van der Waals surface area contributed by atoms with Crippen molar-refractivity contribution in [3.63, 3.8) is 0 Å². The van der Waals surface area contributed by atoms with E-state index in [9.17, 15) is 4.79 Å². The fourth-order valence-corrected chi connectivity index (χ4v) is 5.04. The van der Waals surface area contributed by atoms with Crippen LogP contribution >= 0.6 is 0 Å². The lowest BCUT2D eigenvalue weighted by Gasteiger charge is -2.29. The summed E-state index contributed by atoms with van der Waals surface area (Å²) in [7, 11) is 2.60. The van der Waals surface area contributed by atoms with Crippen LogP contribution in [-0.2, 0) is 20.7 Å². The number of carbonyl (C=O) groups is 1. The van der Waals surface area contributed by atoms with Gasteiger partial charge in [0.1, 0.15) is 0 Å². The first-order valence-corrected chi connectivity index (χ1v) is 13.3. The number of rotatable bonds is 9. The number of nitrogens with zero attached hydrogens (tertiary/aromatic N) is 4. The van der Waals surface area contributed by atoms with E-state index in [1.807, 2.05) is 0 Å². The Labute approximate surface area is 235 Å². The van der Waals surface area contributed by atoms with Crippen molar-refractivity contribution in [3.8, 4) is 22.8 Å². The molecule has 1 N–H and O–H groups in total. The molecule has 3 aromatic rings. The second-order valence-electron chi connectivity index (χ2n) is 9.90. The quantitative estimate of drug-likeness (QED) is 0.300. The van der Waals surface area contributed by atoms with E-state index >= 15 is 8.78 Å². The van der Waals surface area contributed by atoms with Gasteiger partial charge < -0.3 is 24.3 Å². The average Bonchev–Trinajstić information content (AvgIpc) is 3.50. The summed E-state index contributed by atoms with van der Waals surface area (Å²) in [4.78, 5) is 29.5. The Morgan fingerprint density at radius 3 is 2.54 bits per heavy atom. The molecule has 2 fully saturated rings. The first-order chi connectivity index (χ1) is 19.9. The molecule has 0 spiro atoms. The Morgan fingerprint density at radius 2 is 1.85 bits per heavy atom. The Morgan fingerprint density at radius 1 is 1.12 bits per heavy atom. The smallest absolute Gasteiger partial charge is 0.268 e. The van der Waals surface area contributed by atoms with Gasteiger partial charge in [-0.15, -0.1) is 0 Å². The van der Waals surface area contributed by atoms with E-state index in [1.165, 1.54) is 14.2 Å². The zero-order valence-electron chi connectivity index (χ0n) is 22.9. The highest BCUT2D eigenvalue weighted by molar-refractivity contribution is 5.93. The number of anilines is 1. The molecule has 1 aromatic carbocycles. The van der Waals surface area contributed by atoms with Gasteiger partial charge in [0.2, 0.25) is 5.95 Å². The van der Waals surface area contributed by atoms with Crippen molar-refractivity contribution in [2.75, 3.05) is 46.0 Å². The maximum absolute atomic E-state index is 15.4. The molecule has 1 amide bonds. The fraction of sp³-hybridized carbons (Fsp3) is 0.414. The molecule has 0 bridgehead atoms. The minimum atomic E-state index is -0.882. The minimum absolute atomic E-state index is 0.0757. The molecule has 0 radical (unpaired) electrons. The average molecular weight is 568 g/mol. The van der Waals surface area contributed by atoms with E-state index < -0.39 is 17.5 Å². The van der Waals surface area contributed by atoms with Gasteiger partial charge in [-0.25, -0.2) is 23.7 Å². The van der Waals surface area contributed by atoms with Crippen LogP contribution in [-0.4, -0.2) is 73.8 Å². The number of benzene rings is 1. The van der Waals surface area contributed by atoms with Crippen molar-refractivity contribution < 1.29 is 32.5 Å². The predicted octanol–water partition coefficient (Wildman–Crippen LogP) is 4.17. The summed E-state index contributed by atoms with van der Waals surface area (Å²) in [6.07, 6.45) is 6.35. The molecule has 1 unspecified atom stereocenters. The van der Waals surface area contributed by atoms with Gasteiger partial charge in [0.05, 0.1) is 49.3 Å². The molecule has 216 valence electrons. The van der Waals surface area contributed by atoms with Crippen molar-refractivity contribution >= 4 is 29.0 Å². The third kappa shape index (κ3) is 6.18. The number of hydrogen-bond donors (Lipinski definition) is 1. The second kappa shape index (κ2) is 12.6. The summed E-state index contributed by atoms with van der Waals surface area (Å²) in [6, 6.07) is 2.48. The van der Waals surface area contributed by atoms with Crippen LogP contribution in [0.25, 0.3) is 22.2 Å². The number of halogens is 2. The van der Waals surface area contributed by atoms with Crippen LogP contribution in [0.2, 0.25) is 0 Å². The number of aliphatic imine (C=N–C) groups is 1. The lowest BCUT2D eigenvalue weighted by Crippen LogP contribution is -2.40. The third-order valence-electron chi connectivity index (χ3n) is 7.27. The molecule has 3 atom stereocenters. The van der Waals surface area contributed by atoms with E-state index in [0.717, 1.165) is 18.6 Å². The van der Waals surface area contributed by atoms with Gasteiger partial charge >= 0.3 is 0 Å². The summed E-state index contributed by atoms with van der Waals surface area (Å²) in [5.74, 6) is -2.08. The van der Waals surface area contributed by atoms with Crippen LogP contribution < -0.4 is 14.8 Å². The number of fused-ring (bicyclic) bond motifs is 1. The van der Waals surface area contributed by atoms with E-state index in [2.05, 4.69) is 21.9 Å². The first kappa shape index (κ1) is 28.5. The normalized spacial score (nSPS) is 20.8. The number of methoxy groups -OCH3 is 2. The van der Waals surface area contributed by atoms with E-state index in [0.29, 0.717) is 61.8 Å². The van der Waals surface area contributed by atoms with Gasteiger partial charge in [-0.1, -0.05) is 6.58 Å². The number of pyridine rings is 1. The fourth-order valence-electron chi connectivity index (χ4n) is 5.04. The first-order valence-electron chi connectivity index (χ1n) is 13.3. The van der Waals surface area contributed by atoms with Crippen molar-refractivity contribution in [2.45, 2.75) is 25.3 Å². The van der Waals surface area contributed by atoms with Crippen molar-refractivity contribution in [1.82, 2.24) is 15.0 Å². The molecule has 2 saturated heterocycles. The molecule has 5 rings (SSSR count). The number of nitrogens with one attached hydrogen (secondary N) is 1. The highest BCUT2D eigenvalue weighted by Gasteiger charge is 2.27. The van der Waals surface area contributed by atoms with Gasteiger partial charge in [-0.2, -0.15) is 0 Å². The summed E-state index contributed by atoms with van der Waals surface area (Å²) in [6.45, 7) is 5.56. The Bertz CT molecular complexity index is 1450. The minimum Gasteiger partial charge on any atom is -0.494 e. The molecule has 12 heteroatoms.